The van der Waals surface area contributed by atoms with Crippen molar-refractivity contribution in [1.82, 2.24) is 20.2 Å². The zero-order valence-corrected chi connectivity index (χ0v) is 19.5. The number of alkyl halides is 2. The molecule has 3 N–H and O–H groups in total. The van der Waals surface area contributed by atoms with Crippen molar-refractivity contribution in [2.75, 3.05) is 11.9 Å². The summed E-state index contributed by atoms with van der Waals surface area (Å²) < 4.78 is 36.0. The zero-order chi connectivity index (χ0) is 25.9. The largest absolute Gasteiger partial charge is 0.450 e. The Morgan fingerprint density at radius 2 is 1.89 bits per heavy atom. The summed E-state index contributed by atoms with van der Waals surface area (Å²) in [6.45, 7) is -1.11. The van der Waals surface area contributed by atoms with E-state index in [-0.39, 0.29) is 23.9 Å². The van der Waals surface area contributed by atoms with Crippen molar-refractivity contribution in [3.63, 3.8) is 0 Å². The van der Waals surface area contributed by atoms with E-state index in [0.717, 1.165) is 5.56 Å². The monoisotopic (exact) mass is 505 g/mol. The molecule has 1 amide bonds. The van der Waals surface area contributed by atoms with Crippen molar-refractivity contribution in [1.29, 1.82) is 0 Å². The molecule has 0 aliphatic heterocycles. The number of hydrogen-bond donors (Lipinski definition) is 3. The van der Waals surface area contributed by atoms with Crippen LogP contribution in [-0.4, -0.2) is 39.5 Å². The molecule has 0 aliphatic carbocycles. The van der Waals surface area contributed by atoms with Gasteiger partial charge < -0.3 is 14.5 Å². The van der Waals surface area contributed by atoms with E-state index in [0.29, 0.717) is 45.0 Å². The average molecular weight is 505 g/mol. The fourth-order valence-electron chi connectivity index (χ4n) is 4.11. The SMILES string of the molecule is CCOC(=O)Nc1nc2ccc(-c3cc(Cc4n[nH]c(=O)c5ccccc45)ccc3OC(F)F)cc2[nH]1. The van der Waals surface area contributed by atoms with E-state index in [1.165, 1.54) is 6.07 Å². The van der Waals surface area contributed by atoms with Crippen molar-refractivity contribution in [2.24, 2.45) is 0 Å². The number of imidazole rings is 1. The first-order valence-corrected chi connectivity index (χ1v) is 11.4. The number of nitrogens with one attached hydrogen (secondary N) is 3. The lowest BCUT2D eigenvalue weighted by Gasteiger charge is -2.13. The third-order valence-electron chi connectivity index (χ3n) is 5.70. The minimum Gasteiger partial charge on any atom is -0.450 e. The van der Waals surface area contributed by atoms with Crippen LogP contribution in [0.3, 0.4) is 0 Å². The highest BCUT2D eigenvalue weighted by Gasteiger charge is 2.16. The Labute approximate surface area is 208 Å². The number of fused-ring (bicyclic) bond motifs is 2. The van der Waals surface area contributed by atoms with Gasteiger partial charge in [0.1, 0.15) is 5.75 Å². The van der Waals surface area contributed by atoms with Gasteiger partial charge in [-0.15, -0.1) is 0 Å². The van der Waals surface area contributed by atoms with E-state index in [9.17, 15) is 18.4 Å². The number of anilines is 1. The van der Waals surface area contributed by atoms with E-state index < -0.39 is 12.7 Å². The molecule has 3 aromatic carbocycles. The van der Waals surface area contributed by atoms with Crippen LogP contribution in [0.15, 0.2) is 65.5 Å². The van der Waals surface area contributed by atoms with Crippen LogP contribution in [-0.2, 0) is 11.2 Å². The van der Waals surface area contributed by atoms with Crippen LogP contribution in [0.1, 0.15) is 18.2 Å². The Balaban J connectivity index is 1.53. The quantitative estimate of drug-likeness (QED) is 0.279. The number of H-pyrrole nitrogens is 2. The first-order chi connectivity index (χ1) is 17.9. The molecule has 2 aromatic heterocycles. The Hall–Kier alpha value is -4.80. The lowest BCUT2D eigenvalue weighted by molar-refractivity contribution is -0.0494. The predicted octanol–water partition coefficient (Wildman–Crippen LogP) is 5.23. The molecule has 0 radical (unpaired) electrons. The summed E-state index contributed by atoms with van der Waals surface area (Å²) in [6.07, 6.45) is -0.301. The van der Waals surface area contributed by atoms with Crippen molar-refractivity contribution < 1.29 is 23.0 Å². The van der Waals surface area contributed by atoms with Gasteiger partial charge in [-0.2, -0.15) is 13.9 Å². The van der Waals surface area contributed by atoms with Gasteiger partial charge in [0.25, 0.3) is 5.56 Å². The number of rotatable bonds is 7. The maximum absolute atomic E-state index is 13.2. The van der Waals surface area contributed by atoms with Crippen LogP contribution in [0, 0.1) is 0 Å². The van der Waals surface area contributed by atoms with Gasteiger partial charge in [-0.1, -0.05) is 30.3 Å². The second-order valence-electron chi connectivity index (χ2n) is 8.09. The normalized spacial score (nSPS) is 11.2. The van der Waals surface area contributed by atoms with Gasteiger partial charge in [0, 0.05) is 17.4 Å². The van der Waals surface area contributed by atoms with Crippen LogP contribution in [0.5, 0.6) is 5.75 Å². The average Bonchev–Trinajstić information content (AvgIpc) is 3.28. The highest BCUT2D eigenvalue weighted by Crippen LogP contribution is 2.34. The van der Waals surface area contributed by atoms with Crippen molar-refractivity contribution in [3.05, 3.63) is 82.3 Å². The molecule has 0 saturated heterocycles. The molecular weight excluding hydrogens is 484 g/mol. The van der Waals surface area contributed by atoms with Crippen LogP contribution >= 0.6 is 0 Å². The standard InChI is InChI=1S/C26H21F2N5O4/c1-2-36-26(35)31-25-29-19-9-8-15(13-21(19)30-25)18-11-14(7-10-22(18)37-24(27)28)12-20-16-5-3-4-6-17(16)23(34)33-32-20/h3-11,13,24H,2,12H2,1H3,(H,33,34)(H2,29,30,31,35). The van der Waals surface area contributed by atoms with Gasteiger partial charge in [0.2, 0.25) is 5.95 Å². The first kappa shape index (κ1) is 23.9. The van der Waals surface area contributed by atoms with Crippen LogP contribution in [0.4, 0.5) is 19.5 Å². The number of aromatic nitrogens is 4. The number of carbonyl (C=O) groups is 1. The highest BCUT2D eigenvalue weighted by molar-refractivity contribution is 5.89. The molecule has 11 heteroatoms. The number of amides is 1. The second-order valence-corrected chi connectivity index (χ2v) is 8.09. The summed E-state index contributed by atoms with van der Waals surface area (Å²) in [7, 11) is 0. The van der Waals surface area contributed by atoms with E-state index >= 15 is 0 Å². The summed E-state index contributed by atoms with van der Waals surface area (Å²) in [4.78, 5) is 31.1. The van der Waals surface area contributed by atoms with Gasteiger partial charge in [-0.25, -0.2) is 14.9 Å². The van der Waals surface area contributed by atoms with E-state index in [1.807, 2.05) is 12.1 Å². The molecule has 0 saturated carbocycles. The molecule has 9 nitrogen and oxygen atoms in total. The number of halogens is 2. The Bertz CT molecular complexity index is 1660. The van der Waals surface area contributed by atoms with Gasteiger partial charge in [0.05, 0.1) is 28.7 Å². The first-order valence-electron chi connectivity index (χ1n) is 11.4. The van der Waals surface area contributed by atoms with E-state index in [1.54, 1.807) is 49.4 Å². The van der Waals surface area contributed by atoms with Gasteiger partial charge in [-0.3, -0.25) is 10.1 Å². The smallest absolute Gasteiger partial charge is 0.413 e. The maximum Gasteiger partial charge on any atom is 0.413 e. The molecule has 0 fully saturated rings. The van der Waals surface area contributed by atoms with Gasteiger partial charge in [0.15, 0.2) is 0 Å². The van der Waals surface area contributed by atoms with Crippen molar-refractivity contribution >= 4 is 33.8 Å². The van der Waals surface area contributed by atoms with Crippen LogP contribution < -0.4 is 15.6 Å². The van der Waals surface area contributed by atoms with E-state index in [4.69, 9.17) is 9.47 Å². The number of aromatic amines is 2. The Kier molecular flexibility index (Phi) is 6.50. The lowest BCUT2D eigenvalue weighted by atomic mass is 9.98. The van der Waals surface area contributed by atoms with Crippen molar-refractivity contribution in [2.45, 2.75) is 20.0 Å². The Morgan fingerprint density at radius 1 is 1.08 bits per heavy atom. The molecule has 2 heterocycles. The number of benzene rings is 3. The van der Waals surface area contributed by atoms with E-state index in [2.05, 4.69) is 25.5 Å². The highest BCUT2D eigenvalue weighted by atomic mass is 19.3. The predicted molar refractivity (Wildman–Crippen MR) is 134 cm³/mol. The number of ether oxygens (including phenoxy) is 2. The second kappa shape index (κ2) is 10.1. The molecule has 0 bridgehead atoms. The number of nitrogens with zero attached hydrogens (tertiary/aromatic N) is 2. The summed E-state index contributed by atoms with van der Waals surface area (Å²) in [6, 6.07) is 17.2. The van der Waals surface area contributed by atoms with Crippen LogP contribution in [0.25, 0.3) is 32.9 Å². The number of carbonyl (C=O) groups excluding carboxylic acids is 1. The molecule has 37 heavy (non-hydrogen) atoms. The lowest BCUT2D eigenvalue weighted by Crippen LogP contribution is -2.14. The molecule has 0 aliphatic rings. The number of hydrogen-bond acceptors (Lipinski definition) is 6. The van der Waals surface area contributed by atoms with Gasteiger partial charge in [-0.05, 0) is 48.4 Å². The van der Waals surface area contributed by atoms with Gasteiger partial charge >= 0.3 is 12.7 Å². The topological polar surface area (TPSA) is 122 Å². The molecular formula is C26H21F2N5O4. The fourth-order valence-corrected chi connectivity index (χ4v) is 4.11. The molecule has 0 unspecified atom stereocenters. The third-order valence-corrected chi connectivity index (χ3v) is 5.70. The fraction of sp³-hybridized carbons (Fsp3) is 0.154. The minimum atomic E-state index is -3.01. The molecule has 5 rings (SSSR count). The minimum absolute atomic E-state index is 0.00164. The molecule has 0 atom stereocenters. The van der Waals surface area contributed by atoms with Crippen LogP contribution in [0.2, 0.25) is 0 Å². The summed E-state index contributed by atoms with van der Waals surface area (Å²) in [5, 5.41) is 10.4. The maximum atomic E-state index is 13.2. The third kappa shape index (κ3) is 5.10. The summed E-state index contributed by atoms with van der Waals surface area (Å²) in [5.41, 5.74) is 3.29. The summed E-state index contributed by atoms with van der Waals surface area (Å²) in [5.74, 6) is 0.196. The molecule has 5 aromatic rings. The van der Waals surface area contributed by atoms with Crippen molar-refractivity contribution in [3.8, 4) is 16.9 Å². The zero-order valence-electron chi connectivity index (χ0n) is 19.5. The Morgan fingerprint density at radius 3 is 2.68 bits per heavy atom. The molecule has 188 valence electrons. The molecule has 0 spiro atoms. The summed E-state index contributed by atoms with van der Waals surface area (Å²) >= 11 is 0.